The van der Waals surface area contributed by atoms with E-state index in [1.807, 2.05) is 24.3 Å². The molecule has 0 radical (unpaired) electrons. The largest absolute Gasteiger partial charge is 0.494 e. The molecule has 1 atom stereocenters. The molecule has 0 bridgehead atoms. The topological polar surface area (TPSA) is 76.6 Å². The molecule has 2 heterocycles. The molecule has 1 aromatic heterocycles. The van der Waals surface area contributed by atoms with Crippen molar-refractivity contribution in [2.45, 2.75) is 38.7 Å². The number of carbonyl (C=O) groups is 1. The zero-order chi connectivity index (χ0) is 18.9. The Morgan fingerprint density at radius 1 is 1.26 bits per heavy atom. The molecule has 7 nitrogen and oxygen atoms in total. The number of anilines is 1. The lowest BCUT2D eigenvalue weighted by Gasteiger charge is -2.32. The van der Waals surface area contributed by atoms with Crippen LogP contribution in [0.25, 0.3) is 0 Å². The monoisotopic (exact) mass is 370 g/mol. The van der Waals surface area contributed by atoms with Crippen molar-refractivity contribution in [1.82, 2.24) is 14.9 Å². The van der Waals surface area contributed by atoms with Gasteiger partial charge in [-0.2, -0.15) is 0 Å². The van der Waals surface area contributed by atoms with Gasteiger partial charge in [0.25, 0.3) is 0 Å². The minimum absolute atomic E-state index is 0.0961. The van der Waals surface area contributed by atoms with E-state index in [0.29, 0.717) is 25.7 Å². The Hall–Kier alpha value is -2.83. The van der Waals surface area contributed by atoms with Crippen LogP contribution in [0.5, 0.6) is 11.8 Å². The van der Waals surface area contributed by atoms with Crippen LogP contribution in [0.1, 0.15) is 32.6 Å². The lowest BCUT2D eigenvalue weighted by Crippen LogP contribution is -2.46. The van der Waals surface area contributed by atoms with Gasteiger partial charge in [0.05, 0.1) is 13.2 Å². The van der Waals surface area contributed by atoms with Crippen LogP contribution in [-0.2, 0) is 0 Å². The summed E-state index contributed by atoms with van der Waals surface area (Å²) in [5.41, 5.74) is 0.747. The maximum Gasteiger partial charge on any atom is 0.321 e. The van der Waals surface area contributed by atoms with E-state index < -0.39 is 0 Å². The first kappa shape index (κ1) is 18.9. The Morgan fingerprint density at radius 3 is 2.78 bits per heavy atom. The number of carbonyl (C=O) groups excluding carboxylic acids is 1. The number of aromatic nitrogens is 2. The summed E-state index contributed by atoms with van der Waals surface area (Å²) in [5.74, 6) is 0.816. The molecule has 7 heteroatoms. The molecule has 27 heavy (non-hydrogen) atoms. The van der Waals surface area contributed by atoms with Crippen molar-refractivity contribution < 1.29 is 14.3 Å². The van der Waals surface area contributed by atoms with Crippen molar-refractivity contribution in [2.24, 2.45) is 0 Å². The summed E-state index contributed by atoms with van der Waals surface area (Å²) >= 11 is 0. The van der Waals surface area contributed by atoms with Crippen molar-refractivity contribution in [3.8, 4) is 11.8 Å². The van der Waals surface area contributed by atoms with Gasteiger partial charge in [0.2, 0.25) is 0 Å². The highest BCUT2D eigenvalue weighted by Crippen LogP contribution is 2.19. The highest BCUT2D eigenvalue weighted by Gasteiger charge is 2.25. The molecule has 1 saturated heterocycles. The van der Waals surface area contributed by atoms with Gasteiger partial charge in [0.15, 0.2) is 0 Å². The number of unbranched alkanes of at least 4 members (excludes halogenated alkanes) is 1. The zero-order valence-corrected chi connectivity index (χ0v) is 15.6. The van der Waals surface area contributed by atoms with E-state index in [4.69, 9.17) is 9.47 Å². The molecular formula is C20H26N4O3. The third kappa shape index (κ3) is 5.84. The fraction of sp³-hybridized carbons (Fsp3) is 0.450. The SMILES string of the molecule is CCCCOc1ccc(NC(=O)N2CCCC(Oc3ncccn3)C2)cc1. The van der Waals surface area contributed by atoms with Gasteiger partial charge in [-0.05, 0) is 49.6 Å². The molecule has 1 fully saturated rings. The van der Waals surface area contributed by atoms with Gasteiger partial charge in [-0.25, -0.2) is 14.8 Å². The Balaban J connectivity index is 1.49. The molecule has 0 aliphatic carbocycles. The average Bonchev–Trinajstić information content (AvgIpc) is 2.70. The van der Waals surface area contributed by atoms with Crippen LogP contribution in [0.15, 0.2) is 42.7 Å². The number of rotatable bonds is 7. The van der Waals surface area contributed by atoms with Crippen molar-refractivity contribution in [3.05, 3.63) is 42.7 Å². The molecule has 0 saturated carbocycles. The van der Waals surface area contributed by atoms with Crippen LogP contribution in [0.4, 0.5) is 10.5 Å². The molecule has 144 valence electrons. The number of benzene rings is 1. The zero-order valence-electron chi connectivity index (χ0n) is 15.6. The fourth-order valence-corrected chi connectivity index (χ4v) is 2.89. The summed E-state index contributed by atoms with van der Waals surface area (Å²) < 4.78 is 11.4. The van der Waals surface area contributed by atoms with Gasteiger partial charge < -0.3 is 19.7 Å². The molecule has 2 amide bonds. The average molecular weight is 370 g/mol. The highest BCUT2D eigenvalue weighted by atomic mass is 16.5. The van der Waals surface area contributed by atoms with Gasteiger partial charge in [0, 0.05) is 24.6 Å². The second-order valence-electron chi connectivity index (χ2n) is 6.52. The third-order valence-electron chi connectivity index (χ3n) is 4.35. The van der Waals surface area contributed by atoms with Crippen molar-refractivity contribution in [1.29, 1.82) is 0 Å². The Bertz CT molecular complexity index is 709. The van der Waals surface area contributed by atoms with Crippen LogP contribution in [0.2, 0.25) is 0 Å². The van der Waals surface area contributed by atoms with Gasteiger partial charge >= 0.3 is 12.0 Å². The Labute approximate surface area is 159 Å². The van der Waals surface area contributed by atoms with Gasteiger partial charge in [-0.3, -0.25) is 0 Å². The number of hydrogen-bond acceptors (Lipinski definition) is 5. The molecule has 2 aromatic rings. The van der Waals surface area contributed by atoms with E-state index >= 15 is 0 Å². The second kappa shape index (κ2) is 9.75. The van der Waals surface area contributed by atoms with Crippen LogP contribution in [0, 0.1) is 0 Å². The Morgan fingerprint density at radius 2 is 2.04 bits per heavy atom. The van der Waals surface area contributed by atoms with Gasteiger partial charge in [-0.1, -0.05) is 13.3 Å². The summed E-state index contributed by atoms with van der Waals surface area (Å²) in [6.07, 6.45) is 7.09. The number of urea groups is 1. The molecule has 3 rings (SSSR count). The molecule has 1 N–H and O–H groups in total. The molecule has 0 spiro atoms. The third-order valence-corrected chi connectivity index (χ3v) is 4.35. The first-order valence-electron chi connectivity index (χ1n) is 9.47. The van der Waals surface area contributed by atoms with Crippen LogP contribution in [0.3, 0.4) is 0 Å². The minimum Gasteiger partial charge on any atom is -0.494 e. The quantitative estimate of drug-likeness (QED) is 0.752. The number of piperidine rings is 1. The van der Waals surface area contributed by atoms with E-state index in [-0.39, 0.29) is 12.1 Å². The van der Waals surface area contributed by atoms with Gasteiger partial charge in [0.1, 0.15) is 11.9 Å². The molecular weight excluding hydrogens is 344 g/mol. The van der Waals surface area contributed by atoms with E-state index in [0.717, 1.165) is 37.1 Å². The van der Waals surface area contributed by atoms with E-state index in [1.54, 1.807) is 23.4 Å². The lowest BCUT2D eigenvalue weighted by molar-refractivity contribution is 0.0983. The van der Waals surface area contributed by atoms with Crippen molar-refractivity contribution in [3.63, 3.8) is 0 Å². The maximum absolute atomic E-state index is 12.6. The smallest absolute Gasteiger partial charge is 0.321 e. The number of ether oxygens (including phenoxy) is 2. The number of hydrogen-bond donors (Lipinski definition) is 1. The van der Waals surface area contributed by atoms with Crippen LogP contribution < -0.4 is 14.8 Å². The van der Waals surface area contributed by atoms with Crippen LogP contribution >= 0.6 is 0 Å². The number of amides is 2. The minimum atomic E-state index is -0.128. The fourth-order valence-electron chi connectivity index (χ4n) is 2.89. The molecule has 1 unspecified atom stereocenters. The lowest BCUT2D eigenvalue weighted by atomic mass is 10.1. The van der Waals surface area contributed by atoms with Crippen molar-refractivity contribution >= 4 is 11.7 Å². The number of likely N-dealkylation sites (tertiary alicyclic amines) is 1. The predicted octanol–water partition coefficient (Wildman–Crippen LogP) is 3.73. The summed E-state index contributed by atoms with van der Waals surface area (Å²) in [4.78, 5) is 22.5. The first-order chi connectivity index (χ1) is 13.2. The number of nitrogens with one attached hydrogen (secondary N) is 1. The normalized spacial score (nSPS) is 16.6. The van der Waals surface area contributed by atoms with E-state index in [1.165, 1.54) is 0 Å². The maximum atomic E-state index is 12.6. The van der Waals surface area contributed by atoms with Gasteiger partial charge in [-0.15, -0.1) is 0 Å². The highest BCUT2D eigenvalue weighted by molar-refractivity contribution is 5.89. The van der Waals surface area contributed by atoms with Crippen molar-refractivity contribution in [2.75, 3.05) is 25.0 Å². The standard InChI is InChI=1S/C20H26N4O3/c1-2-3-14-26-17-9-7-16(8-10-17)23-20(25)24-13-4-6-18(15-24)27-19-21-11-5-12-22-19/h5,7-12,18H,2-4,6,13-15H2,1H3,(H,23,25). The molecule has 1 aromatic carbocycles. The summed E-state index contributed by atoms with van der Waals surface area (Å²) in [7, 11) is 0. The molecule has 1 aliphatic rings. The van der Waals surface area contributed by atoms with E-state index in [9.17, 15) is 4.79 Å². The van der Waals surface area contributed by atoms with E-state index in [2.05, 4.69) is 22.2 Å². The summed E-state index contributed by atoms with van der Waals surface area (Å²) in [5, 5.41) is 2.94. The first-order valence-corrected chi connectivity index (χ1v) is 9.47. The molecule has 1 aliphatic heterocycles. The predicted molar refractivity (Wildman–Crippen MR) is 103 cm³/mol. The summed E-state index contributed by atoms with van der Waals surface area (Å²) in [6, 6.07) is 9.43. The summed E-state index contributed by atoms with van der Waals surface area (Å²) in [6.45, 7) is 4.06. The number of nitrogens with zero attached hydrogens (tertiary/aromatic N) is 3. The Kier molecular flexibility index (Phi) is 6.84. The van der Waals surface area contributed by atoms with Crippen LogP contribution in [-0.4, -0.2) is 46.7 Å². The second-order valence-corrected chi connectivity index (χ2v) is 6.52.